The molecular weight excluding hydrogens is 671 g/mol. The van der Waals surface area contributed by atoms with Crippen LogP contribution in [-0.2, 0) is 37.3 Å². The molecule has 0 aliphatic heterocycles. The van der Waals surface area contributed by atoms with Gasteiger partial charge in [-0.3, -0.25) is 4.57 Å². The van der Waals surface area contributed by atoms with Crippen molar-refractivity contribution in [2.24, 2.45) is 0 Å². The van der Waals surface area contributed by atoms with Crippen LogP contribution in [0.1, 0.15) is 56.9 Å². The average molecular weight is 727 g/mol. The third-order valence-electron chi connectivity index (χ3n) is 4.55. The van der Waals surface area contributed by atoms with Crippen molar-refractivity contribution in [3.8, 4) is 5.75 Å². The second-order valence-corrected chi connectivity index (χ2v) is 18.7. The van der Waals surface area contributed by atoms with Crippen molar-refractivity contribution in [3.63, 3.8) is 0 Å². The van der Waals surface area contributed by atoms with Crippen LogP contribution in [0.4, 0.5) is 13.2 Å². The minimum atomic E-state index is -5.61. The van der Waals surface area contributed by atoms with Crippen LogP contribution < -0.4 is 14.7 Å². The van der Waals surface area contributed by atoms with Crippen molar-refractivity contribution in [2.45, 2.75) is 82.0 Å². The molecule has 0 unspecified atom stereocenters. The zero-order valence-electron chi connectivity index (χ0n) is 25.3. The van der Waals surface area contributed by atoms with Gasteiger partial charge in [-0.1, -0.05) is 78.3 Å². The van der Waals surface area contributed by atoms with E-state index in [4.69, 9.17) is 22.6 Å². The van der Waals surface area contributed by atoms with Crippen LogP contribution in [0.15, 0.2) is 54.6 Å². The summed E-state index contributed by atoms with van der Waals surface area (Å²) < 4.78 is 101. The van der Waals surface area contributed by atoms with E-state index in [0.717, 1.165) is 0 Å². The number of alkyl halides is 3. The first-order chi connectivity index (χ1) is 19.5. The van der Waals surface area contributed by atoms with Crippen LogP contribution in [0.2, 0.25) is 19.6 Å². The van der Waals surface area contributed by atoms with Crippen molar-refractivity contribution >= 4 is 44.9 Å². The lowest BCUT2D eigenvalue weighted by Gasteiger charge is -2.20. The van der Waals surface area contributed by atoms with E-state index in [1.807, 2.05) is 58.6 Å². The van der Waals surface area contributed by atoms with Crippen LogP contribution in [-0.4, -0.2) is 55.0 Å². The zero-order chi connectivity index (χ0) is 32.5. The van der Waals surface area contributed by atoms with E-state index in [1.165, 1.54) is 12.1 Å². The van der Waals surface area contributed by atoms with Gasteiger partial charge in [0.1, 0.15) is 5.75 Å². The Balaban J connectivity index is -0.000000282. The molecular formula is C29H55F3O9P2SSi. The monoisotopic (exact) mass is 726 g/mol. The number of halogens is 3. The smallest absolute Gasteiger partial charge is 0.376 e. The van der Waals surface area contributed by atoms with E-state index in [0.29, 0.717) is 43.5 Å². The van der Waals surface area contributed by atoms with Gasteiger partial charge in [-0.25, -0.2) is 0 Å². The average Bonchev–Trinajstić information content (AvgIpc) is 2.90. The lowest BCUT2D eigenvalue weighted by atomic mass is 10.3. The number of para-hydroxylation sites is 1. The molecule has 0 aliphatic carbocycles. The highest BCUT2D eigenvalue weighted by Gasteiger charge is 2.49. The summed E-state index contributed by atoms with van der Waals surface area (Å²) in [7, 11) is -11.7. The van der Waals surface area contributed by atoms with E-state index in [1.54, 1.807) is 38.1 Å². The van der Waals surface area contributed by atoms with E-state index in [-0.39, 0.29) is 28.0 Å². The van der Waals surface area contributed by atoms with Crippen molar-refractivity contribution in [1.82, 2.24) is 0 Å². The second-order valence-electron chi connectivity index (χ2n) is 8.87. The Bertz CT molecular complexity index is 1140. The predicted molar refractivity (Wildman–Crippen MR) is 184 cm³/mol. The summed E-state index contributed by atoms with van der Waals surface area (Å²) in [6.45, 7) is 17.7. The minimum Gasteiger partial charge on any atom is -0.376 e. The fraction of sp³-hybridized carbons (Fsp3) is 0.586. The Morgan fingerprint density at radius 1 is 0.711 bits per heavy atom. The lowest BCUT2D eigenvalue weighted by Crippen LogP contribution is -2.40. The Morgan fingerprint density at radius 2 is 1.11 bits per heavy atom. The fourth-order valence-electron chi connectivity index (χ4n) is 2.89. The van der Waals surface area contributed by atoms with Gasteiger partial charge >= 0.3 is 31.8 Å². The molecule has 0 radical (unpaired) electrons. The lowest BCUT2D eigenvalue weighted by molar-refractivity contribution is -0.0499. The molecule has 266 valence electrons. The molecule has 0 aliphatic rings. The molecule has 0 saturated heterocycles. The molecule has 9 nitrogen and oxygen atoms in total. The normalized spacial score (nSPS) is 11.4. The standard InChI is InChI=1S/C10H13F3O3SSi.C10H15O3P.C6H15O3P.3CH4/c1-18(2,3)9-7-5-4-6-8(9)16-17(14,15)10(11,12)13;1-3-12-14(11,13-4-2)10-8-6-5-7-9-10;1-4-7-10(8-5-2)9-6-3;;;/h4-7H,1-3H3;5-9H,3-4H2,1-2H3;4-6H2,1-3H3;3*1H4. The molecule has 0 atom stereocenters. The van der Waals surface area contributed by atoms with Crippen molar-refractivity contribution in [2.75, 3.05) is 33.0 Å². The van der Waals surface area contributed by atoms with E-state index >= 15 is 0 Å². The van der Waals surface area contributed by atoms with Crippen LogP contribution in [0.3, 0.4) is 0 Å². The Morgan fingerprint density at radius 3 is 1.47 bits per heavy atom. The molecule has 2 rings (SSSR count). The highest BCUT2D eigenvalue weighted by atomic mass is 32.2. The molecule has 0 spiro atoms. The summed E-state index contributed by atoms with van der Waals surface area (Å²) in [5.74, 6) is -0.242. The van der Waals surface area contributed by atoms with Crippen molar-refractivity contribution in [3.05, 3.63) is 54.6 Å². The highest BCUT2D eigenvalue weighted by Crippen LogP contribution is 2.46. The van der Waals surface area contributed by atoms with Gasteiger partial charge in [-0.2, -0.15) is 21.6 Å². The summed E-state index contributed by atoms with van der Waals surface area (Å²) >= 11 is 0. The predicted octanol–water partition coefficient (Wildman–Crippen LogP) is 9.27. The third kappa shape index (κ3) is 19.2. The minimum absolute atomic E-state index is 0. The van der Waals surface area contributed by atoms with Gasteiger partial charge in [-0.05, 0) is 58.0 Å². The van der Waals surface area contributed by atoms with Gasteiger partial charge in [-0.15, -0.1) is 0 Å². The fourth-order valence-corrected chi connectivity index (χ4v) is 7.36. The topological polar surface area (TPSA) is 107 Å². The first kappa shape index (κ1) is 50.5. The molecule has 0 heterocycles. The van der Waals surface area contributed by atoms with Crippen LogP contribution in [0.5, 0.6) is 5.75 Å². The van der Waals surface area contributed by atoms with Gasteiger partial charge < -0.3 is 26.8 Å². The number of hydrogen-bond donors (Lipinski definition) is 0. The number of hydrogen-bond acceptors (Lipinski definition) is 9. The molecule has 2 aromatic carbocycles. The molecule has 0 bridgehead atoms. The van der Waals surface area contributed by atoms with Gasteiger partial charge in [0.05, 0.1) is 46.4 Å². The van der Waals surface area contributed by atoms with Gasteiger partial charge in [0, 0.05) is 0 Å². The molecule has 2 aromatic rings. The summed E-state index contributed by atoms with van der Waals surface area (Å²) in [4.78, 5) is 0. The maximum Gasteiger partial charge on any atom is 0.534 e. The Kier molecular flexibility index (Phi) is 27.8. The maximum absolute atomic E-state index is 12.2. The first-order valence-corrected chi connectivity index (χ1v) is 20.8. The molecule has 0 fully saturated rings. The summed E-state index contributed by atoms with van der Waals surface area (Å²) in [6.07, 6.45) is 0. The molecule has 0 saturated carbocycles. The SMILES string of the molecule is C.C.C.CCOP(=O)(OCC)c1ccccc1.CCOP(OCC)OCC.C[Si](C)(C)c1ccccc1OS(=O)(=O)C(F)(F)F. The van der Waals surface area contributed by atoms with E-state index in [2.05, 4.69) is 4.18 Å². The molecule has 0 aromatic heterocycles. The Hall–Kier alpha value is -1.34. The van der Waals surface area contributed by atoms with Crippen LogP contribution in [0.25, 0.3) is 0 Å². The van der Waals surface area contributed by atoms with Gasteiger partial charge in [0.15, 0.2) is 0 Å². The van der Waals surface area contributed by atoms with E-state index in [9.17, 15) is 26.2 Å². The van der Waals surface area contributed by atoms with Crippen LogP contribution in [0, 0.1) is 0 Å². The van der Waals surface area contributed by atoms with Crippen molar-refractivity contribution in [1.29, 1.82) is 0 Å². The maximum atomic E-state index is 12.2. The van der Waals surface area contributed by atoms with Gasteiger partial charge in [0.2, 0.25) is 0 Å². The van der Waals surface area contributed by atoms with Gasteiger partial charge in [0.25, 0.3) is 0 Å². The molecule has 0 N–H and O–H groups in total. The largest absolute Gasteiger partial charge is 0.534 e. The summed E-state index contributed by atoms with van der Waals surface area (Å²) in [6, 6.07) is 14.9. The molecule has 16 heteroatoms. The zero-order valence-corrected chi connectivity index (χ0v) is 28.9. The van der Waals surface area contributed by atoms with Crippen molar-refractivity contribution < 1.29 is 53.0 Å². The molecule has 45 heavy (non-hydrogen) atoms. The summed E-state index contributed by atoms with van der Waals surface area (Å²) in [5.41, 5.74) is -5.42. The number of rotatable bonds is 14. The number of benzene rings is 2. The third-order valence-corrected chi connectivity index (χ3v) is 11.1. The molecule has 0 amide bonds. The second kappa shape index (κ2) is 24.8. The Labute approximate surface area is 272 Å². The quantitative estimate of drug-likeness (QED) is 0.0815. The summed E-state index contributed by atoms with van der Waals surface area (Å²) in [5, 5.41) is 1.14. The van der Waals surface area contributed by atoms with E-state index < -0.39 is 39.9 Å². The van der Waals surface area contributed by atoms with Crippen LogP contribution >= 0.6 is 16.2 Å². The first-order valence-electron chi connectivity index (χ1n) is 13.3. The highest BCUT2D eigenvalue weighted by molar-refractivity contribution is 7.88.